The Morgan fingerprint density at radius 1 is 1.15 bits per heavy atom. The average molecular weight is 180 g/mol. The van der Waals surface area contributed by atoms with E-state index in [-0.39, 0.29) is 0 Å². The topological polar surface area (TPSA) is 0 Å². The first-order valence-corrected chi connectivity index (χ1v) is 6.14. The normalized spacial score (nSPS) is 46.4. The van der Waals surface area contributed by atoms with E-state index in [0.717, 1.165) is 29.1 Å². The van der Waals surface area contributed by atoms with Gasteiger partial charge in [0, 0.05) is 0 Å². The van der Waals surface area contributed by atoms with Gasteiger partial charge in [0.05, 0.1) is 0 Å². The predicted molar refractivity (Wildman–Crippen MR) is 57.6 cm³/mol. The van der Waals surface area contributed by atoms with Crippen molar-refractivity contribution < 1.29 is 0 Å². The van der Waals surface area contributed by atoms with Gasteiger partial charge >= 0.3 is 0 Å². The third-order valence-electron chi connectivity index (χ3n) is 4.88. The summed E-state index contributed by atoms with van der Waals surface area (Å²) in [5.74, 6) is 4.36. The molecule has 0 heterocycles. The molecule has 0 radical (unpaired) electrons. The first-order chi connectivity index (χ1) is 6.14. The molecule has 2 rings (SSSR count). The van der Waals surface area contributed by atoms with E-state index < -0.39 is 0 Å². The minimum Gasteiger partial charge on any atom is -0.0654 e. The highest BCUT2D eigenvalue weighted by Gasteiger charge is 2.80. The van der Waals surface area contributed by atoms with Crippen LogP contribution in [0, 0.1) is 29.1 Å². The molecule has 2 aliphatic carbocycles. The van der Waals surface area contributed by atoms with Crippen molar-refractivity contribution in [2.45, 2.75) is 53.4 Å². The first-order valence-electron chi connectivity index (χ1n) is 6.14. The summed E-state index contributed by atoms with van der Waals surface area (Å²) >= 11 is 0. The molecule has 0 spiro atoms. The fourth-order valence-electron chi connectivity index (χ4n) is 3.54. The summed E-state index contributed by atoms with van der Waals surface area (Å²) in [6.45, 7) is 9.60. The highest BCUT2D eigenvalue weighted by molar-refractivity contribution is 5.27. The van der Waals surface area contributed by atoms with E-state index in [2.05, 4.69) is 27.7 Å². The molecule has 2 unspecified atom stereocenters. The van der Waals surface area contributed by atoms with Crippen LogP contribution in [0.1, 0.15) is 53.4 Å². The maximum Gasteiger partial charge on any atom is -0.0235 e. The molecular weight excluding hydrogens is 156 g/mol. The average Bonchev–Trinajstić information content (AvgIpc) is 2.93. The van der Waals surface area contributed by atoms with Crippen molar-refractivity contribution in [2.75, 3.05) is 0 Å². The SMILES string of the molecule is CCCCCC1C2C1C2(C)C(C)C. The molecule has 0 aromatic heterocycles. The Balaban J connectivity index is 1.66. The summed E-state index contributed by atoms with van der Waals surface area (Å²) < 4.78 is 0. The van der Waals surface area contributed by atoms with Crippen LogP contribution in [0.5, 0.6) is 0 Å². The lowest BCUT2D eigenvalue weighted by molar-refractivity contribution is 0.227. The van der Waals surface area contributed by atoms with Crippen molar-refractivity contribution in [3.05, 3.63) is 0 Å². The van der Waals surface area contributed by atoms with Crippen LogP contribution in [0.3, 0.4) is 0 Å². The second-order valence-electron chi connectivity index (χ2n) is 5.73. The van der Waals surface area contributed by atoms with Crippen LogP contribution < -0.4 is 0 Å². The molecule has 0 amide bonds. The second kappa shape index (κ2) is 3.00. The van der Waals surface area contributed by atoms with E-state index in [9.17, 15) is 0 Å². The highest BCUT2D eigenvalue weighted by atomic mass is 14.8. The number of hydrogen-bond donors (Lipinski definition) is 0. The summed E-state index contributed by atoms with van der Waals surface area (Å²) in [6.07, 6.45) is 5.85. The van der Waals surface area contributed by atoms with Crippen LogP contribution in [0.2, 0.25) is 0 Å². The number of unbranched alkanes of at least 4 members (excludes halogenated alkanes) is 2. The van der Waals surface area contributed by atoms with E-state index in [4.69, 9.17) is 0 Å². The Kier molecular flexibility index (Phi) is 2.20. The Hall–Kier alpha value is 0. The van der Waals surface area contributed by atoms with Crippen molar-refractivity contribution in [1.82, 2.24) is 0 Å². The van der Waals surface area contributed by atoms with Crippen molar-refractivity contribution in [2.24, 2.45) is 29.1 Å². The Morgan fingerprint density at radius 2 is 1.77 bits per heavy atom. The van der Waals surface area contributed by atoms with Gasteiger partial charge in [-0.1, -0.05) is 47.0 Å². The standard InChI is InChI=1S/C13H24/c1-5-6-7-8-10-11-12(10)13(11,4)9(2)3/h9-12H,5-8H2,1-4H3. The summed E-state index contributed by atoms with van der Waals surface area (Å²) in [5.41, 5.74) is 0.775. The van der Waals surface area contributed by atoms with Gasteiger partial charge in [0.15, 0.2) is 0 Å². The zero-order valence-electron chi connectivity index (χ0n) is 9.64. The maximum atomic E-state index is 2.50. The molecule has 0 bridgehead atoms. The van der Waals surface area contributed by atoms with Crippen molar-refractivity contribution in [3.8, 4) is 0 Å². The fourth-order valence-corrected chi connectivity index (χ4v) is 3.54. The van der Waals surface area contributed by atoms with Crippen LogP contribution in [0.4, 0.5) is 0 Å². The number of fused-ring (bicyclic) bond motifs is 1. The van der Waals surface area contributed by atoms with Crippen LogP contribution in [-0.4, -0.2) is 0 Å². The molecule has 0 saturated heterocycles. The molecule has 0 nitrogen and oxygen atoms in total. The van der Waals surface area contributed by atoms with Crippen molar-refractivity contribution in [3.63, 3.8) is 0 Å². The number of hydrogen-bond acceptors (Lipinski definition) is 0. The molecule has 76 valence electrons. The van der Waals surface area contributed by atoms with E-state index in [1.807, 2.05) is 0 Å². The Bertz CT molecular complexity index is 182. The van der Waals surface area contributed by atoms with Gasteiger partial charge in [0.2, 0.25) is 0 Å². The largest absolute Gasteiger partial charge is 0.0654 e. The molecular formula is C13H24. The van der Waals surface area contributed by atoms with Crippen LogP contribution in [0.15, 0.2) is 0 Å². The second-order valence-corrected chi connectivity index (χ2v) is 5.73. The van der Waals surface area contributed by atoms with Crippen molar-refractivity contribution >= 4 is 0 Å². The lowest BCUT2D eigenvalue weighted by Gasteiger charge is -2.26. The lowest BCUT2D eigenvalue weighted by atomic mass is 9.79. The monoisotopic (exact) mass is 180 g/mol. The molecule has 2 aliphatic rings. The summed E-state index contributed by atoms with van der Waals surface area (Å²) in [5, 5.41) is 0. The Labute approximate surface area is 83.1 Å². The number of rotatable bonds is 5. The molecule has 2 saturated carbocycles. The maximum absolute atomic E-state index is 2.50. The van der Waals surface area contributed by atoms with Gasteiger partial charge in [-0.2, -0.15) is 0 Å². The third kappa shape index (κ3) is 1.25. The third-order valence-corrected chi connectivity index (χ3v) is 4.88. The van der Waals surface area contributed by atoms with Gasteiger partial charge < -0.3 is 0 Å². The highest BCUT2D eigenvalue weighted by Crippen LogP contribution is 2.84. The van der Waals surface area contributed by atoms with Gasteiger partial charge in [-0.15, -0.1) is 0 Å². The summed E-state index contributed by atoms with van der Waals surface area (Å²) in [4.78, 5) is 0. The predicted octanol–water partition coefficient (Wildman–Crippen LogP) is 4.10. The summed E-state index contributed by atoms with van der Waals surface area (Å²) in [7, 11) is 0. The lowest BCUT2D eigenvalue weighted by Crippen LogP contribution is -2.19. The molecule has 2 atom stereocenters. The minimum absolute atomic E-state index is 0.775. The van der Waals surface area contributed by atoms with Gasteiger partial charge in [-0.3, -0.25) is 0 Å². The van der Waals surface area contributed by atoms with E-state index in [0.29, 0.717) is 0 Å². The zero-order valence-corrected chi connectivity index (χ0v) is 9.64. The molecule has 13 heavy (non-hydrogen) atoms. The molecule has 0 heteroatoms. The van der Waals surface area contributed by atoms with Gasteiger partial charge in [-0.25, -0.2) is 0 Å². The minimum atomic E-state index is 0.775. The smallest absolute Gasteiger partial charge is 0.0235 e. The molecule has 0 aromatic rings. The molecule has 0 N–H and O–H groups in total. The van der Waals surface area contributed by atoms with E-state index in [1.54, 1.807) is 0 Å². The molecule has 0 aliphatic heterocycles. The van der Waals surface area contributed by atoms with Gasteiger partial charge in [0.1, 0.15) is 0 Å². The quantitative estimate of drug-likeness (QED) is 0.559. The van der Waals surface area contributed by atoms with Crippen LogP contribution in [0.25, 0.3) is 0 Å². The van der Waals surface area contributed by atoms with E-state index >= 15 is 0 Å². The first kappa shape index (κ1) is 9.55. The van der Waals surface area contributed by atoms with Gasteiger partial charge in [0.25, 0.3) is 0 Å². The van der Waals surface area contributed by atoms with Crippen LogP contribution >= 0.6 is 0 Å². The fraction of sp³-hybridized carbons (Fsp3) is 1.00. The molecule has 2 fully saturated rings. The van der Waals surface area contributed by atoms with Gasteiger partial charge in [-0.05, 0) is 35.5 Å². The van der Waals surface area contributed by atoms with Crippen LogP contribution in [-0.2, 0) is 0 Å². The molecule has 0 aromatic carbocycles. The zero-order chi connectivity index (χ0) is 9.64. The summed E-state index contributed by atoms with van der Waals surface area (Å²) in [6, 6.07) is 0. The van der Waals surface area contributed by atoms with Crippen molar-refractivity contribution in [1.29, 1.82) is 0 Å². The van der Waals surface area contributed by atoms with E-state index in [1.165, 1.54) is 25.7 Å². The Morgan fingerprint density at radius 3 is 2.23 bits per heavy atom.